The maximum atomic E-state index is 12.0. The SMILES string of the molecule is COC(=O)c1ccc(C2=CC[C@]3(C)[C@H]4CC[C@@H]5[C@H]6CCC[C@]6(N)CC[C@@]5(C)[C@]4(C)CC[C@H]3C2(C)C)cc1. The molecule has 0 saturated heterocycles. The quantitative estimate of drug-likeness (QED) is 0.416. The van der Waals surface area contributed by atoms with Crippen LogP contribution in [0.25, 0.3) is 5.57 Å². The van der Waals surface area contributed by atoms with Crippen LogP contribution >= 0.6 is 0 Å². The standard InChI is InChI=1S/C34H49NO2/c1-30(2)24(22-9-11-23(12-10-22)29(36)37-6)15-18-31(3)27(30)16-19-33(5)28(31)14-13-25-26-8-7-17-34(26,35)21-20-32(25,33)4/h9-12,15,25-28H,7-8,13-14,16-21,35H2,1-6H3/t25-,26-,27+,28-,31+,32-,33-,34+/m1/s1. The number of carbonyl (C=O) groups excluding carboxylic acids is 1. The van der Waals surface area contributed by atoms with Gasteiger partial charge in [-0.3, -0.25) is 0 Å². The zero-order valence-corrected chi connectivity index (χ0v) is 24.2. The summed E-state index contributed by atoms with van der Waals surface area (Å²) >= 11 is 0. The molecule has 8 atom stereocenters. The van der Waals surface area contributed by atoms with E-state index in [4.69, 9.17) is 10.5 Å². The molecule has 5 aliphatic carbocycles. The van der Waals surface area contributed by atoms with E-state index in [1.54, 1.807) is 0 Å². The molecule has 37 heavy (non-hydrogen) atoms. The molecule has 3 nitrogen and oxygen atoms in total. The Balaban J connectivity index is 1.34. The first-order valence-electron chi connectivity index (χ1n) is 15.1. The van der Waals surface area contributed by atoms with Crippen LogP contribution in [0.5, 0.6) is 0 Å². The number of nitrogens with two attached hydrogens (primary N) is 1. The Morgan fingerprint density at radius 2 is 1.57 bits per heavy atom. The lowest BCUT2D eigenvalue weighted by atomic mass is 9.33. The van der Waals surface area contributed by atoms with Crippen molar-refractivity contribution in [2.75, 3.05) is 7.11 Å². The van der Waals surface area contributed by atoms with E-state index in [0.717, 1.165) is 17.8 Å². The summed E-state index contributed by atoms with van der Waals surface area (Å²) in [5, 5.41) is 0. The third-order valence-corrected chi connectivity index (χ3v) is 13.6. The highest BCUT2D eigenvalue weighted by atomic mass is 16.5. The molecule has 0 spiro atoms. The Labute approximate surface area is 225 Å². The molecule has 2 N–H and O–H groups in total. The van der Waals surface area contributed by atoms with E-state index in [0.29, 0.717) is 27.7 Å². The second-order valence-electron chi connectivity index (χ2n) is 15.0. The van der Waals surface area contributed by atoms with Crippen molar-refractivity contribution < 1.29 is 9.53 Å². The van der Waals surface area contributed by atoms with Crippen molar-refractivity contribution >= 4 is 11.5 Å². The molecule has 4 fully saturated rings. The Kier molecular flexibility index (Phi) is 5.68. The van der Waals surface area contributed by atoms with Crippen LogP contribution in [0, 0.1) is 45.3 Å². The summed E-state index contributed by atoms with van der Waals surface area (Å²) in [6.45, 7) is 13.1. The molecular formula is C34H49NO2. The van der Waals surface area contributed by atoms with Gasteiger partial charge in [0.25, 0.3) is 0 Å². The molecular weight excluding hydrogens is 454 g/mol. The monoisotopic (exact) mass is 503 g/mol. The largest absolute Gasteiger partial charge is 0.465 e. The second kappa shape index (κ2) is 8.20. The Hall–Kier alpha value is -1.61. The molecule has 3 heteroatoms. The lowest BCUT2D eigenvalue weighted by Crippen LogP contribution is -2.66. The number of fused-ring (bicyclic) bond motifs is 7. The van der Waals surface area contributed by atoms with E-state index in [9.17, 15) is 4.79 Å². The summed E-state index contributed by atoms with van der Waals surface area (Å²) in [6, 6.07) is 8.11. The van der Waals surface area contributed by atoms with Crippen LogP contribution in [0.4, 0.5) is 0 Å². The number of hydrogen-bond donors (Lipinski definition) is 1. The number of methoxy groups -OCH3 is 1. The van der Waals surface area contributed by atoms with Crippen LogP contribution in [0.2, 0.25) is 0 Å². The van der Waals surface area contributed by atoms with Gasteiger partial charge < -0.3 is 10.5 Å². The maximum absolute atomic E-state index is 12.0. The first kappa shape index (κ1) is 25.7. The molecule has 0 aliphatic heterocycles. The summed E-state index contributed by atoms with van der Waals surface area (Å²) in [4.78, 5) is 12.0. The second-order valence-corrected chi connectivity index (χ2v) is 15.0. The van der Waals surface area contributed by atoms with Crippen molar-refractivity contribution in [3.63, 3.8) is 0 Å². The minimum absolute atomic E-state index is 0.100. The molecule has 0 amide bonds. The normalized spacial score (nSPS) is 46.1. The molecule has 0 radical (unpaired) electrons. The highest BCUT2D eigenvalue weighted by Crippen LogP contribution is 2.75. The highest BCUT2D eigenvalue weighted by molar-refractivity contribution is 5.89. The van der Waals surface area contributed by atoms with Crippen LogP contribution in [-0.2, 0) is 4.74 Å². The fourth-order valence-corrected chi connectivity index (χ4v) is 11.6. The van der Waals surface area contributed by atoms with Crippen molar-refractivity contribution in [1.82, 2.24) is 0 Å². The molecule has 5 aliphatic rings. The number of allylic oxidation sites excluding steroid dienone is 2. The van der Waals surface area contributed by atoms with Gasteiger partial charge in [0, 0.05) is 5.54 Å². The van der Waals surface area contributed by atoms with E-state index in [2.05, 4.69) is 52.8 Å². The topological polar surface area (TPSA) is 52.3 Å². The summed E-state index contributed by atoms with van der Waals surface area (Å²) in [7, 11) is 1.45. The molecule has 0 bridgehead atoms. The summed E-state index contributed by atoms with van der Waals surface area (Å²) in [5.74, 6) is 2.73. The number of ether oxygens (including phenoxy) is 1. The van der Waals surface area contributed by atoms with Crippen molar-refractivity contribution in [1.29, 1.82) is 0 Å². The van der Waals surface area contributed by atoms with Gasteiger partial charge >= 0.3 is 5.97 Å². The molecule has 4 saturated carbocycles. The Morgan fingerprint density at radius 1 is 0.838 bits per heavy atom. The number of benzene rings is 1. The number of rotatable bonds is 2. The van der Waals surface area contributed by atoms with Gasteiger partial charge in [0.05, 0.1) is 12.7 Å². The minimum atomic E-state index is -0.265. The Bertz CT molecular complexity index is 1120. The van der Waals surface area contributed by atoms with Crippen molar-refractivity contribution in [3.05, 3.63) is 41.5 Å². The third-order valence-electron chi connectivity index (χ3n) is 13.6. The highest BCUT2D eigenvalue weighted by Gasteiger charge is 2.69. The van der Waals surface area contributed by atoms with Crippen molar-refractivity contribution in [2.24, 2.45) is 51.1 Å². The summed E-state index contributed by atoms with van der Waals surface area (Å²) in [6.07, 6.45) is 15.7. The average molecular weight is 504 g/mol. The fraction of sp³-hybridized carbons (Fsp3) is 0.735. The van der Waals surface area contributed by atoms with E-state index in [1.807, 2.05) is 12.1 Å². The first-order chi connectivity index (χ1) is 17.4. The van der Waals surface area contributed by atoms with Crippen LogP contribution < -0.4 is 5.73 Å². The molecule has 6 rings (SSSR count). The summed E-state index contributed by atoms with van der Waals surface area (Å²) < 4.78 is 4.92. The fourth-order valence-electron chi connectivity index (χ4n) is 11.6. The van der Waals surface area contributed by atoms with E-state index in [-0.39, 0.29) is 16.9 Å². The first-order valence-corrected chi connectivity index (χ1v) is 15.1. The number of hydrogen-bond acceptors (Lipinski definition) is 3. The van der Waals surface area contributed by atoms with Crippen LogP contribution in [0.3, 0.4) is 0 Å². The molecule has 202 valence electrons. The van der Waals surface area contributed by atoms with Gasteiger partial charge in [-0.15, -0.1) is 0 Å². The number of esters is 1. The molecule has 0 aromatic heterocycles. The van der Waals surface area contributed by atoms with Gasteiger partial charge in [0.2, 0.25) is 0 Å². The average Bonchev–Trinajstić information content (AvgIpc) is 3.26. The predicted molar refractivity (Wildman–Crippen MR) is 151 cm³/mol. The van der Waals surface area contributed by atoms with Crippen LogP contribution in [0.15, 0.2) is 30.3 Å². The van der Waals surface area contributed by atoms with Gasteiger partial charge in [0.1, 0.15) is 0 Å². The zero-order chi connectivity index (χ0) is 26.4. The van der Waals surface area contributed by atoms with Gasteiger partial charge in [-0.2, -0.15) is 0 Å². The zero-order valence-electron chi connectivity index (χ0n) is 24.2. The van der Waals surface area contributed by atoms with Crippen molar-refractivity contribution in [2.45, 2.75) is 104 Å². The lowest BCUT2D eigenvalue weighted by Gasteiger charge is -2.72. The Morgan fingerprint density at radius 3 is 2.27 bits per heavy atom. The number of carbonyl (C=O) groups is 1. The van der Waals surface area contributed by atoms with Crippen LogP contribution in [0.1, 0.15) is 115 Å². The lowest BCUT2D eigenvalue weighted by molar-refractivity contribution is -0.215. The third kappa shape index (κ3) is 3.31. The van der Waals surface area contributed by atoms with Gasteiger partial charge in [0.15, 0.2) is 0 Å². The van der Waals surface area contributed by atoms with E-state index >= 15 is 0 Å². The van der Waals surface area contributed by atoms with Crippen LogP contribution in [-0.4, -0.2) is 18.6 Å². The van der Waals surface area contributed by atoms with Gasteiger partial charge in [-0.1, -0.05) is 59.2 Å². The van der Waals surface area contributed by atoms with Gasteiger partial charge in [-0.05, 0) is 126 Å². The van der Waals surface area contributed by atoms with E-state index < -0.39 is 0 Å². The molecule has 1 aromatic rings. The van der Waals surface area contributed by atoms with Crippen molar-refractivity contribution in [3.8, 4) is 0 Å². The molecule has 0 heterocycles. The molecule has 0 unspecified atom stereocenters. The van der Waals surface area contributed by atoms with Gasteiger partial charge in [-0.25, -0.2) is 4.79 Å². The molecule has 1 aromatic carbocycles. The smallest absolute Gasteiger partial charge is 0.337 e. The predicted octanol–water partition coefficient (Wildman–Crippen LogP) is 8.03. The maximum Gasteiger partial charge on any atom is 0.337 e. The van der Waals surface area contributed by atoms with E-state index in [1.165, 1.54) is 82.5 Å². The minimum Gasteiger partial charge on any atom is -0.465 e. The summed E-state index contributed by atoms with van der Waals surface area (Å²) in [5.41, 5.74) is 11.8.